The molecule has 2 aromatic carbocycles. The molecule has 2 rings (SSSR count). The molecular weight excluding hydrogens is 328 g/mol. The van der Waals surface area contributed by atoms with Crippen LogP contribution in [0.4, 0.5) is 5.69 Å². The maximum absolute atomic E-state index is 12.0. The number of carbonyl (C=O) groups excluding carboxylic acids is 1. The third-order valence-corrected chi connectivity index (χ3v) is 3.68. The van der Waals surface area contributed by atoms with Gasteiger partial charge in [-0.05, 0) is 42.3 Å². The molecule has 0 fully saturated rings. The van der Waals surface area contributed by atoms with Gasteiger partial charge in [0.1, 0.15) is 5.75 Å². The quantitative estimate of drug-likeness (QED) is 0.686. The molecule has 0 aliphatic heterocycles. The van der Waals surface area contributed by atoms with Crippen LogP contribution in [0, 0.1) is 0 Å². The molecule has 0 heterocycles. The molecule has 0 aromatic heterocycles. The number of hydrogen-bond donors (Lipinski definition) is 3. The van der Waals surface area contributed by atoms with Crippen molar-refractivity contribution >= 4 is 23.2 Å². The highest BCUT2D eigenvalue weighted by Crippen LogP contribution is 2.22. The van der Waals surface area contributed by atoms with Gasteiger partial charge in [0.25, 0.3) is 0 Å². The first-order valence-electron chi connectivity index (χ1n) is 7.74. The van der Waals surface area contributed by atoms with Gasteiger partial charge in [0, 0.05) is 6.54 Å². The Morgan fingerprint density at radius 1 is 1.21 bits per heavy atom. The Labute approximate surface area is 146 Å². The number of aliphatic hydroxyl groups excluding tert-OH is 1. The van der Waals surface area contributed by atoms with Gasteiger partial charge < -0.3 is 20.5 Å². The van der Waals surface area contributed by atoms with Crippen LogP contribution in [0.3, 0.4) is 0 Å². The lowest BCUT2D eigenvalue weighted by atomic mass is 10.2. The highest BCUT2D eigenvalue weighted by molar-refractivity contribution is 6.33. The number of benzene rings is 2. The minimum absolute atomic E-state index is 0.0752. The second kappa shape index (κ2) is 9.15. The third-order valence-electron chi connectivity index (χ3n) is 3.35. The van der Waals surface area contributed by atoms with E-state index in [4.69, 9.17) is 21.4 Å². The fraction of sp³-hybridized carbons (Fsp3) is 0.278. The van der Waals surface area contributed by atoms with Gasteiger partial charge in [-0.15, -0.1) is 0 Å². The number of ether oxygens (including phenoxy) is 1. The van der Waals surface area contributed by atoms with Crippen LogP contribution in [0.2, 0.25) is 5.02 Å². The molecule has 1 amide bonds. The molecule has 5 nitrogen and oxygen atoms in total. The first-order chi connectivity index (χ1) is 11.6. The summed E-state index contributed by atoms with van der Waals surface area (Å²) >= 11 is 6.07. The average Bonchev–Trinajstić information content (AvgIpc) is 2.60. The van der Waals surface area contributed by atoms with E-state index in [0.717, 1.165) is 16.9 Å². The molecular formula is C18H21ClN2O3. The molecule has 0 saturated heterocycles. The number of anilines is 1. The second-order valence-electron chi connectivity index (χ2n) is 5.18. The van der Waals surface area contributed by atoms with E-state index in [-0.39, 0.29) is 19.1 Å². The zero-order valence-corrected chi connectivity index (χ0v) is 14.3. The van der Waals surface area contributed by atoms with E-state index in [9.17, 15) is 4.79 Å². The predicted molar refractivity (Wildman–Crippen MR) is 95.3 cm³/mol. The minimum atomic E-state index is -0.151. The van der Waals surface area contributed by atoms with Crippen LogP contribution >= 0.6 is 11.6 Å². The SMILES string of the molecule is CCOc1cccc(CNC(=O)CNc2cc(CO)ccc2Cl)c1. The molecule has 0 aliphatic rings. The summed E-state index contributed by atoms with van der Waals surface area (Å²) in [6.45, 7) is 2.98. The highest BCUT2D eigenvalue weighted by Gasteiger charge is 2.05. The Balaban J connectivity index is 1.84. The molecule has 0 unspecified atom stereocenters. The van der Waals surface area contributed by atoms with E-state index < -0.39 is 0 Å². The van der Waals surface area contributed by atoms with E-state index in [1.807, 2.05) is 31.2 Å². The van der Waals surface area contributed by atoms with Crippen molar-refractivity contribution in [3.05, 3.63) is 58.6 Å². The maximum atomic E-state index is 12.0. The number of amides is 1. The Kier molecular flexibility index (Phi) is 6.90. The summed E-state index contributed by atoms with van der Waals surface area (Å²) in [7, 11) is 0. The van der Waals surface area contributed by atoms with Crippen molar-refractivity contribution in [3.63, 3.8) is 0 Å². The number of nitrogens with one attached hydrogen (secondary N) is 2. The smallest absolute Gasteiger partial charge is 0.239 e. The van der Waals surface area contributed by atoms with E-state index >= 15 is 0 Å². The number of aliphatic hydroxyl groups is 1. The monoisotopic (exact) mass is 348 g/mol. The van der Waals surface area contributed by atoms with E-state index in [2.05, 4.69) is 10.6 Å². The van der Waals surface area contributed by atoms with Gasteiger partial charge in [-0.2, -0.15) is 0 Å². The summed E-state index contributed by atoms with van der Waals surface area (Å²) in [5.74, 6) is 0.636. The van der Waals surface area contributed by atoms with Crippen molar-refractivity contribution in [3.8, 4) is 5.75 Å². The van der Waals surface area contributed by atoms with Crippen LogP contribution < -0.4 is 15.4 Å². The van der Waals surface area contributed by atoms with Crippen molar-refractivity contribution in [1.82, 2.24) is 5.32 Å². The standard InChI is InChI=1S/C18H21ClN2O3/c1-2-24-15-5-3-4-13(8-15)10-21-18(23)11-20-17-9-14(12-22)6-7-16(17)19/h3-9,20,22H,2,10-12H2,1H3,(H,21,23). The fourth-order valence-electron chi connectivity index (χ4n) is 2.16. The summed E-state index contributed by atoms with van der Waals surface area (Å²) in [5.41, 5.74) is 2.32. The number of carbonyl (C=O) groups is 1. The van der Waals surface area contributed by atoms with Gasteiger partial charge in [0.05, 0.1) is 30.5 Å². The van der Waals surface area contributed by atoms with Crippen molar-refractivity contribution < 1.29 is 14.6 Å². The average molecular weight is 349 g/mol. The maximum Gasteiger partial charge on any atom is 0.239 e. The Bertz CT molecular complexity index is 692. The lowest BCUT2D eigenvalue weighted by molar-refractivity contribution is -0.119. The molecule has 0 spiro atoms. The van der Waals surface area contributed by atoms with Crippen molar-refractivity contribution in [2.45, 2.75) is 20.1 Å². The van der Waals surface area contributed by atoms with Crippen molar-refractivity contribution in [2.24, 2.45) is 0 Å². The molecule has 128 valence electrons. The Morgan fingerprint density at radius 3 is 2.79 bits per heavy atom. The number of halogens is 1. The molecule has 0 radical (unpaired) electrons. The van der Waals surface area contributed by atoms with Gasteiger partial charge >= 0.3 is 0 Å². The highest BCUT2D eigenvalue weighted by atomic mass is 35.5. The van der Waals surface area contributed by atoms with Crippen molar-refractivity contribution in [2.75, 3.05) is 18.5 Å². The predicted octanol–water partition coefficient (Wildman–Crippen LogP) is 2.96. The summed E-state index contributed by atoms with van der Waals surface area (Å²) in [4.78, 5) is 12.0. The molecule has 0 aliphatic carbocycles. The van der Waals surface area contributed by atoms with Crippen LogP contribution in [0.15, 0.2) is 42.5 Å². The van der Waals surface area contributed by atoms with Crippen LogP contribution in [0.5, 0.6) is 5.75 Å². The lowest BCUT2D eigenvalue weighted by Gasteiger charge is -2.11. The van der Waals surface area contributed by atoms with Crippen LogP contribution in [-0.4, -0.2) is 24.2 Å². The van der Waals surface area contributed by atoms with E-state index in [1.54, 1.807) is 18.2 Å². The van der Waals surface area contributed by atoms with Crippen LogP contribution in [0.25, 0.3) is 0 Å². The molecule has 24 heavy (non-hydrogen) atoms. The Hall–Kier alpha value is -2.24. The molecule has 0 atom stereocenters. The zero-order valence-electron chi connectivity index (χ0n) is 13.5. The molecule has 2 aromatic rings. The first-order valence-corrected chi connectivity index (χ1v) is 8.11. The van der Waals surface area contributed by atoms with Crippen LogP contribution in [-0.2, 0) is 17.9 Å². The lowest BCUT2D eigenvalue weighted by Crippen LogP contribution is -2.29. The van der Waals surface area contributed by atoms with Gasteiger partial charge in [-0.1, -0.05) is 29.8 Å². The first kappa shape index (κ1) is 18.1. The zero-order chi connectivity index (χ0) is 17.4. The van der Waals surface area contributed by atoms with Crippen LogP contribution in [0.1, 0.15) is 18.1 Å². The topological polar surface area (TPSA) is 70.6 Å². The number of rotatable bonds is 8. The second-order valence-corrected chi connectivity index (χ2v) is 5.59. The van der Waals surface area contributed by atoms with E-state index in [0.29, 0.717) is 23.9 Å². The molecule has 0 bridgehead atoms. The van der Waals surface area contributed by atoms with Gasteiger partial charge in [0.2, 0.25) is 5.91 Å². The normalized spacial score (nSPS) is 10.3. The van der Waals surface area contributed by atoms with E-state index in [1.165, 1.54) is 0 Å². The van der Waals surface area contributed by atoms with Crippen molar-refractivity contribution in [1.29, 1.82) is 0 Å². The molecule has 6 heteroatoms. The summed E-state index contributed by atoms with van der Waals surface area (Å²) in [6.07, 6.45) is 0. The van der Waals surface area contributed by atoms with Gasteiger partial charge in [-0.25, -0.2) is 0 Å². The minimum Gasteiger partial charge on any atom is -0.494 e. The number of hydrogen-bond acceptors (Lipinski definition) is 4. The Morgan fingerprint density at radius 2 is 2.04 bits per heavy atom. The summed E-state index contributed by atoms with van der Waals surface area (Å²) in [6, 6.07) is 12.8. The third kappa shape index (κ3) is 5.44. The molecule has 3 N–H and O–H groups in total. The molecule has 0 saturated carbocycles. The van der Waals surface area contributed by atoms with Gasteiger partial charge in [-0.3, -0.25) is 4.79 Å². The fourth-order valence-corrected chi connectivity index (χ4v) is 2.34. The largest absolute Gasteiger partial charge is 0.494 e. The summed E-state index contributed by atoms with van der Waals surface area (Å²) < 4.78 is 5.43. The van der Waals surface area contributed by atoms with Gasteiger partial charge in [0.15, 0.2) is 0 Å². The summed E-state index contributed by atoms with van der Waals surface area (Å²) in [5, 5.41) is 15.5.